The number of anilines is 2. The molecule has 27 nitrogen and oxygen atoms in total. The molecular formula is C56H70N7O20P3S2. The summed E-state index contributed by atoms with van der Waals surface area (Å²) in [6.45, 7) is 16.6. The number of carbonyl (C=O) groups excluding carboxylic acids is 1. The van der Waals surface area contributed by atoms with E-state index in [2.05, 4.69) is 107 Å². The van der Waals surface area contributed by atoms with Crippen LogP contribution in [-0.2, 0) is 62.0 Å². The summed E-state index contributed by atoms with van der Waals surface area (Å²) in [7, 11) is -26.2. The van der Waals surface area contributed by atoms with E-state index in [0.29, 0.717) is 17.0 Å². The second-order valence-electron chi connectivity index (χ2n) is 23.2. The Morgan fingerprint density at radius 1 is 1.02 bits per heavy atom. The predicted molar refractivity (Wildman–Crippen MR) is 326 cm³/mol. The lowest BCUT2D eigenvalue weighted by Gasteiger charge is -2.43. The molecule has 1 amide bonds. The Kier molecular flexibility index (Phi) is 19.7. The first kappa shape index (κ1) is 67.8. The molecule has 476 valence electrons. The number of benzene rings is 2. The third-order valence-corrected chi connectivity index (χ3v) is 20.5. The van der Waals surface area contributed by atoms with Crippen LogP contribution in [0, 0.1) is 17.3 Å². The Bertz CT molecular complexity index is 4180. The number of nitrogens with two attached hydrogens (primary N) is 1. The number of H-pyrrole nitrogens is 1. The SMILES string of the molecule is CCN1c2cc3c(cc2C(C)=CC1(C)C)C(=CC=CC=CC1=[N+](CCCS(=O)(=O)[O-])c2ccc(S(=O)(=O)O)cc2C1(C)CCCC(=O)NCC#Cc1cn([C@H]2CC[C@@H](COP(=O)(O)OP(=O)(O)OP(=O)(O)O)O2)c2nc(N)[nH]c(=O)c12)C=C(C(C)(C)C)O3. The lowest BCUT2D eigenvalue weighted by molar-refractivity contribution is -0.437. The summed E-state index contributed by atoms with van der Waals surface area (Å²) in [4.78, 5) is 72.3. The standard InChI is InChI=1S/C56H70N7O20P3S2/c1-9-63-44-31-45-41(30-40(44)35(2)32-55(63,6)7)36(28-47(81-45)54(3,4)5)16-11-10-12-18-46-56(8,42-29-39(88(76,77)78)21-22-43(42)61(46)26-15-27-87(73,74)75)24-13-19-48(64)58-25-14-17-37-33-62(51-50(37)52(65)60-53(57)59-51)49-23-20-38(80-49)34-79-85(69,70)83-86(71,72)82-84(66,67)68/h10-12,16,18,21-22,28-33,38,49H,9,13,15,19-20,23-27,34H2,1-8H3,(H9-,57,58,59,60,64,65,66,67,68,69,70,71,72,73,74,75,76,77,78)/t38-,49+,56?/m0/s1. The molecule has 1 fully saturated rings. The van der Waals surface area contributed by atoms with Gasteiger partial charge in [-0.25, -0.2) is 22.1 Å². The minimum atomic E-state index is -5.76. The molecule has 0 spiro atoms. The van der Waals surface area contributed by atoms with Crippen LogP contribution in [0.5, 0.6) is 5.75 Å². The maximum Gasteiger partial charge on any atom is 0.490 e. The van der Waals surface area contributed by atoms with Gasteiger partial charge in [-0.2, -0.15) is 26.6 Å². The molecule has 0 saturated carbocycles. The number of amides is 1. The minimum absolute atomic E-state index is 0.00345. The minimum Gasteiger partial charge on any atom is -0.748 e. The largest absolute Gasteiger partial charge is 0.748 e. The van der Waals surface area contributed by atoms with Crippen LogP contribution in [0.25, 0.3) is 22.2 Å². The average molecular weight is 1320 g/mol. The van der Waals surface area contributed by atoms with E-state index in [-0.39, 0.29) is 90.0 Å². The zero-order valence-corrected chi connectivity index (χ0v) is 53.6. The van der Waals surface area contributed by atoms with Gasteiger partial charge in [0.2, 0.25) is 17.5 Å². The van der Waals surface area contributed by atoms with E-state index in [1.807, 2.05) is 37.3 Å². The number of phosphoric ester groups is 1. The van der Waals surface area contributed by atoms with Gasteiger partial charge in [-0.15, -0.1) is 0 Å². The first-order chi connectivity index (χ1) is 40.8. The van der Waals surface area contributed by atoms with Gasteiger partial charge >= 0.3 is 23.5 Å². The molecule has 3 unspecified atom stereocenters. The van der Waals surface area contributed by atoms with E-state index < -0.39 is 85.3 Å². The molecule has 5 atom stereocenters. The third-order valence-electron chi connectivity index (χ3n) is 15.1. The summed E-state index contributed by atoms with van der Waals surface area (Å²) in [6, 6.07) is 8.35. The molecule has 1 saturated heterocycles. The zero-order chi connectivity index (χ0) is 64.7. The lowest BCUT2D eigenvalue weighted by atomic mass is 9.75. The van der Waals surface area contributed by atoms with Gasteiger partial charge in [-0.3, -0.25) is 23.6 Å². The van der Waals surface area contributed by atoms with Gasteiger partial charge in [0.15, 0.2) is 11.4 Å². The molecule has 8 rings (SSSR count). The maximum absolute atomic E-state index is 13.5. The number of likely N-dealkylation sites (N-methyl/N-ethyl adjacent to an activating group) is 1. The molecule has 6 heterocycles. The van der Waals surface area contributed by atoms with Crippen LogP contribution >= 0.6 is 23.5 Å². The highest BCUT2D eigenvalue weighted by molar-refractivity contribution is 7.86. The number of aromatic nitrogens is 3. The van der Waals surface area contributed by atoms with Crippen LogP contribution in [0.3, 0.4) is 0 Å². The van der Waals surface area contributed by atoms with Crippen molar-refractivity contribution < 1.29 is 91.2 Å². The molecule has 0 aliphatic carbocycles. The molecule has 4 aromatic rings. The summed E-state index contributed by atoms with van der Waals surface area (Å²) in [5, 5.41) is 2.74. The van der Waals surface area contributed by atoms with E-state index in [1.54, 1.807) is 10.7 Å². The van der Waals surface area contributed by atoms with Crippen molar-refractivity contribution in [1.82, 2.24) is 19.9 Å². The fraction of sp³-hybridized carbons (Fsp3) is 0.429. The fourth-order valence-corrected chi connectivity index (χ4v) is 15.3. The smallest absolute Gasteiger partial charge is 0.490 e. The summed E-state index contributed by atoms with van der Waals surface area (Å²) in [6.07, 6.45) is 13.8. The van der Waals surface area contributed by atoms with E-state index in [4.69, 9.17) is 29.5 Å². The fourth-order valence-electron chi connectivity index (χ4n) is 11.3. The van der Waals surface area contributed by atoms with Gasteiger partial charge in [0.05, 0.1) is 56.2 Å². The predicted octanol–water partition coefficient (Wildman–Crippen LogP) is 7.74. The van der Waals surface area contributed by atoms with Gasteiger partial charge in [-0.1, -0.05) is 63.0 Å². The van der Waals surface area contributed by atoms with Gasteiger partial charge in [0.1, 0.15) is 24.3 Å². The summed E-state index contributed by atoms with van der Waals surface area (Å²) >= 11 is 0. The Labute approximate surface area is 508 Å². The molecule has 0 bridgehead atoms. The van der Waals surface area contributed by atoms with Gasteiger partial charge in [-0.05, 0) is 95.7 Å². The molecule has 9 N–H and O–H groups in total. The Balaban J connectivity index is 1.00. The molecule has 88 heavy (non-hydrogen) atoms. The van der Waals surface area contributed by atoms with Gasteiger partial charge in [0, 0.05) is 77.3 Å². The number of nitrogen functional groups attached to an aromatic ring is 1. The number of rotatable bonds is 22. The number of nitrogens with one attached hydrogen (secondary N) is 2. The Morgan fingerprint density at radius 3 is 2.42 bits per heavy atom. The van der Waals surface area contributed by atoms with Crippen molar-refractivity contribution in [2.45, 2.75) is 122 Å². The van der Waals surface area contributed by atoms with Crippen LogP contribution in [0.15, 0.2) is 94.5 Å². The van der Waals surface area contributed by atoms with Crippen molar-refractivity contribution in [3.63, 3.8) is 0 Å². The highest BCUT2D eigenvalue weighted by atomic mass is 32.2. The quantitative estimate of drug-likeness (QED) is 0.0122. The van der Waals surface area contributed by atoms with Crippen LogP contribution < -0.4 is 26.2 Å². The van der Waals surface area contributed by atoms with Gasteiger partial charge < -0.3 is 54.1 Å². The molecule has 32 heteroatoms. The number of carbonyl (C=O) groups is 1. The number of hydrogen-bond acceptors (Lipinski definition) is 18. The number of phosphoric acid groups is 3. The average Bonchev–Trinajstić information content (AvgIpc) is 1.42. The number of hydrogen-bond donors (Lipinski definition) is 8. The number of aromatic amines is 1. The van der Waals surface area contributed by atoms with Crippen LogP contribution in [0.4, 0.5) is 17.3 Å². The second kappa shape index (κ2) is 25.6. The third kappa shape index (κ3) is 16.1. The first-order valence-electron chi connectivity index (χ1n) is 27.7. The maximum atomic E-state index is 13.5. The van der Waals surface area contributed by atoms with E-state index in [1.165, 1.54) is 29.0 Å². The normalized spacial score (nSPS) is 21.3. The van der Waals surface area contributed by atoms with Crippen LogP contribution in [-0.4, -0.2) is 120 Å². The van der Waals surface area contributed by atoms with Gasteiger partial charge in [0.25, 0.3) is 15.7 Å². The van der Waals surface area contributed by atoms with Crippen molar-refractivity contribution >= 4 is 94.8 Å². The molecule has 4 aliphatic rings. The van der Waals surface area contributed by atoms with Crippen molar-refractivity contribution in [3.05, 3.63) is 117 Å². The summed E-state index contributed by atoms with van der Waals surface area (Å²) in [5.74, 6) is 5.82. The number of nitrogens with zero attached hydrogens (tertiary/aromatic N) is 4. The number of fused-ring (bicyclic) bond motifs is 4. The molecular weight excluding hydrogens is 1250 g/mol. The van der Waals surface area contributed by atoms with E-state index >= 15 is 0 Å². The second-order valence-corrected chi connectivity index (χ2v) is 30.5. The van der Waals surface area contributed by atoms with Crippen LogP contribution in [0.2, 0.25) is 0 Å². The zero-order valence-electron chi connectivity index (χ0n) is 49.3. The lowest BCUT2D eigenvalue weighted by Crippen LogP contribution is -2.45. The molecule has 0 radical (unpaired) electrons. The van der Waals surface area contributed by atoms with Crippen molar-refractivity contribution in [2.24, 2.45) is 5.41 Å². The Hall–Kier alpha value is -6.15. The topological polar surface area (TPSA) is 402 Å². The Morgan fingerprint density at radius 2 is 1.75 bits per heavy atom. The number of ether oxygens (including phenoxy) is 2. The van der Waals surface area contributed by atoms with Crippen LogP contribution in [0.1, 0.15) is 122 Å². The molecule has 2 aromatic heterocycles. The first-order valence-corrected chi connectivity index (χ1v) is 35.2. The van der Waals surface area contributed by atoms with Crippen molar-refractivity contribution in [1.29, 1.82) is 0 Å². The van der Waals surface area contributed by atoms with E-state index in [9.17, 15) is 59.0 Å². The van der Waals surface area contributed by atoms with Crippen molar-refractivity contribution in [2.75, 3.05) is 42.6 Å². The highest BCUT2D eigenvalue weighted by Gasteiger charge is 2.48. The van der Waals surface area contributed by atoms with Crippen molar-refractivity contribution in [3.8, 4) is 17.6 Å². The van der Waals surface area contributed by atoms with E-state index in [0.717, 1.165) is 46.0 Å². The monoisotopic (exact) mass is 1320 g/mol. The summed E-state index contributed by atoms with van der Waals surface area (Å²) < 4.78 is 134. The molecule has 2 aromatic carbocycles. The number of allylic oxidation sites excluding steroid dienone is 9. The highest BCUT2D eigenvalue weighted by Crippen LogP contribution is 2.66. The summed E-state index contributed by atoms with van der Waals surface area (Å²) in [5.41, 5.74) is 10.5. The molecule has 4 aliphatic heterocycles.